The maximum Gasteiger partial charge on any atom is 0.270 e. The molecule has 1 atom stereocenters. The highest BCUT2D eigenvalue weighted by Crippen LogP contribution is 2.24. The summed E-state index contributed by atoms with van der Waals surface area (Å²) in [7, 11) is 3.65. The van der Waals surface area contributed by atoms with Crippen LogP contribution in [0.25, 0.3) is 10.8 Å². The van der Waals surface area contributed by atoms with Gasteiger partial charge >= 0.3 is 0 Å². The first-order valence-corrected chi connectivity index (χ1v) is 7.60. The van der Waals surface area contributed by atoms with Gasteiger partial charge in [-0.15, -0.1) is 0 Å². The highest BCUT2D eigenvalue weighted by molar-refractivity contribution is 5.98. The number of carbonyl (C=O) groups excluding carboxylic acids is 1. The van der Waals surface area contributed by atoms with E-state index in [0.29, 0.717) is 11.6 Å². The summed E-state index contributed by atoms with van der Waals surface area (Å²) in [6, 6.07) is 9.79. The summed E-state index contributed by atoms with van der Waals surface area (Å²) in [5, 5.41) is 4.96. The normalized spacial score (nSPS) is 19.1. The van der Waals surface area contributed by atoms with Crippen molar-refractivity contribution in [2.75, 3.05) is 27.2 Å². The molecular formula is C17H21N3O2. The van der Waals surface area contributed by atoms with Gasteiger partial charge in [-0.25, -0.2) is 4.98 Å². The van der Waals surface area contributed by atoms with E-state index in [4.69, 9.17) is 4.74 Å². The Bertz CT molecular complexity index is 687. The Morgan fingerprint density at radius 1 is 1.41 bits per heavy atom. The minimum absolute atomic E-state index is 0.135. The van der Waals surface area contributed by atoms with Gasteiger partial charge < -0.3 is 15.0 Å². The van der Waals surface area contributed by atoms with Crippen molar-refractivity contribution in [1.82, 2.24) is 15.2 Å². The van der Waals surface area contributed by atoms with Crippen LogP contribution in [0.3, 0.4) is 0 Å². The van der Waals surface area contributed by atoms with Crippen molar-refractivity contribution in [2.45, 2.75) is 18.9 Å². The Balaban J connectivity index is 1.84. The van der Waals surface area contributed by atoms with Gasteiger partial charge in [0.25, 0.3) is 5.91 Å². The zero-order valence-corrected chi connectivity index (χ0v) is 13.0. The summed E-state index contributed by atoms with van der Waals surface area (Å²) in [6.07, 6.45) is 2.12. The van der Waals surface area contributed by atoms with E-state index in [1.807, 2.05) is 30.3 Å². The molecule has 116 valence electrons. The third-order valence-corrected chi connectivity index (χ3v) is 4.09. The maximum absolute atomic E-state index is 12.5. The number of aromatic nitrogens is 1. The lowest BCUT2D eigenvalue weighted by molar-refractivity contribution is 0.0907. The first-order valence-electron chi connectivity index (χ1n) is 7.60. The molecule has 22 heavy (non-hydrogen) atoms. The Hall–Kier alpha value is -2.14. The fourth-order valence-electron chi connectivity index (χ4n) is 2.98. The molecule has 0 saturated carbocycles. The van der Waals surface area contributed by atoms with Gasteiger partial charge in [-0.2, -0.15) is 0 Å². The van der Waals surface area contributed by atoms with Gasteiger partial charge in [0.05, 0.1) is 7.11 Å². The first-order chi connectivity index (χ1) is 10.7. The molecule has 0 radical (unpaired) electrons. The number of methoxy groups -OCH3 is 1. The van der Waals surface area contributed by atoms with Crippen LogP contribution in [0.4, 0.5) is 0 Å². The van der Waals surface area contributed by atoms with Crippen LogP contribution in [0.2, 0.25) is 0 Å². The van der Waals surface area contributed by atoms with Gasteiger partial charge in [0, 0.05) is 18.0 Å². The molecule has 0 spiro atoms. The van der Waals surface area contributed by atoms with Crippen molar-refractivity contribution in [3.05, 3.63) is 36.0 Å². The minimum atomic E-state index is -0.135. The Labute approximate surface area is 130 Å². The fourth-order valence-corrected chi connectivity index (χ4v) is 2.98. The number of rotatable bonds is 3. The zero-order valence-electron chi connectivity index (χ0n) is 13.0. The molecule has 2 aromatic rings. The summed E-state index contributed by atoms with van der Waals surface area (Å²) in [4.78, 5) is 19.1. The molecule has 0 aliphatic carbocycles. The number of ether oxygens (including phenoxy) is 1. The number of piperidine rings is 1. The van der Waals surface area contributed by atoms with Gasteiger partial charge in [0.2, 0.25) is 5.88 Å². The van der Waals surface area contributed by atoms with E-state index < -0.39 is 0 Å². The van der Waals surface area contributed by atoms with E-state index in [2.05, 4.69) is 22.2 Å². The summed E-state index contributed by atoms with van der Waals surface area (Å²) >= 11 is 0. The van der Waals surface area contributed by atoms with Gasteiger partial charge in [-0.1, -0.05) is 18.2 Å². The summed E-state index contributed by atoms with van der Waals surface area (Å²) < 4.78 is 5.33. The van der Waals surface area contributed by atoms with Crippen LogP contribution < -0.4 is 10.1 Å². The fraction of sp³-hybridized carbons (Fsp3) is 0.412. The summed E-state index contributed by atoms with van der Waals surface area (Å²) in [5.74, 6) is 0.355. The number of pyridine rings is 1. The topological polar surface area (TPSA) is 54.5 Å². The molecule has 1 fully saturated rings. The second-order valence-corrected chi connectivity index (χ2v) is 5.81. The van der Waals surface area contributed by atoms with Crippen molar-refractivity contribution in [2.24, 2.45) is 0 Å². The number of hydrogen-bond donors (Lipinski definition) is 1. The van der Waals surface area contributed by atoms with Crippen LogP contribution in [0.1, 0.15) is 23.3 Å². The molecule has 3 rings (SSSR count). The van der Waals surface area contributed by atoms with Crippen molar-refractivity contribution < 1.29 is 9.53 Å². The lowest BCUT2D eigenvalue weighted by atomic mass is 10.1. The van der Waals surface area contributed by atoms with E-state index in [1.54, 1.807) is 7.11 Å². The number of hydrogen-bond acceptors (Lipinski definition) is 4. The summed E-state index contributed by atoms with van der Waals surface area (Å²) in [5.41, 5.74) is 0.406. The molecule has 1 aliphatic rings. The number of carbonyl (C=O) groups is 1. The number of likely N-dealkylation sites (tertiary alicyclic amines) is 1. The van der Waals surface area contributed by atoms with Crippen LogP contribution >= 0.6 is 0 Å². The second-order valence-electron chi connectivity index (χ2n) is 5.81. The van der Waals surface area contributed by atoms with Crippen LogP contribution in [0.5, 0.6) is 5.88 Å². The lowest BCUT2D eigenvalue weighted by Gasteiger charge is -2.30. The SMILES string of the molecule is COc1nc(C(=O)N[C@H]2CCCN(C)C2)cc2ccccc12. The van der Waals surface area contributed by atoms with Crippen molar-refractivity contribution in [3.8, 4) is 5.88 Å². The Morgan fingerprint density at radius 3 is 3.00 bits per heavy atom. The van der Waals surface area contributed by atoms with Crippen LogP contribution in [-0.2, 0) is 0 Å². The van der Waals surface area contributed by atoms with E-state index in [9.17, 15) is 4.79 Å². The molecule has 5 nitrogen and oxygen atoms in total. The van der Waals surface area contributed by atoms with E-state index >= 15 is 0 Å². The number of nitrogens with one attached hydrogen (secondary N) is 1. The summed E-state index contributed by atoms with van der Waals surface area (Å²) in [6.45, 7) is 1.98. The van der Waals surface area contributed by atoms with Crippen LogP contribution in [0.15, 0.2) is 30.3 Å². The van der Waals surface area contributed by atoms with E-state index in [1.165, 1.54) is 0 Å². The molecular weight excluding hydrogens is 278 g/mol. The molecule has 0 unspecified atom stereocenters. The number of amides is 1. The van der Waals surface area contributed by atoms with Gasteiger partial charge in [-0.05, 0) is 44.0 Å². The average molecular weight is 299 g/mol. The molecule has 0 bridgehead atoms. The molecule has 1 N–H and O–H groups in total. The number of nitrogens with zero attached hydrogens (tertiary/aromatic N) is 2. The highest BCUT2D eigenvalue weighted by atomic mass is 16.5. The van der Waals surface area contributed by atoms with E-state index in [0.717, 1.165) is 36.7 Å². The predicted molar refractivity (Wildman–Crippen MR) is 86.3 cm³/mol. The van der Waals surface area contributed by atoms with Crippen LogP contribution in [0, 0.1) is 0 Å². The molecule has 1 aromatic heterocycles. The lowest BCUT2D eigenvalue weighted by Crippen LogP contribution is -2.46. The molecule has 2 heterocycles. The van der Waals surface area contributed by atoms with Crippen molar-refractivity contribution in [3.63, 3.8) is 0 Å². The third kappa shape index (κ3) is 3.04. The molecule has 1 amide bonds. The standard InChI is InChI=1S/C17H21N3O2/c1-20-9-5-7-13(11-20)18-16(21)15-10-12-6-3-4-8-14(12)17(19-15)22-2/h3-4,6,8,10,13H,5,7,9,11H2,1-2H3,(H,18,21)/t13-/m0/s1. The van der Waals surface area contributed by atoms with Gasteiger partial charge in [0.15, 0.2) is 0 Å². The Morgan fingerprint density at radius 2 is 2.23 bits per heavy atom. The zero-order chi connectivity index (χ0) is 15.5. The quantitative estimate of drug-likeness (QED) is 0.942. The highest BCUT2D eigenvalue weighted by Gasteiger charge is 2.21. The average Bonchev–Trinajstić information content (AvgIpc) is 2.53. The monoisotopic (exact) mass is 299 g/mol. The second kappa shape index (κ2) is 6.32. The van der Waals surface area contributed by atoms with Gasteiger partial charge in [0.1, 0.15) is 5.69 Å². The number of fused-ring (bicyclic) bond motifs is 1. The van der Waals surface area contributed by atoms with Crippen molar-refractivity contribution in [1.29, 1.82) is 0 Å². The Kier molecular flexibility index (Phi) is 4.24. The molecule has 1 saturated heterocycles. The molecule has 1 aliphatic heterocycles. The van der Waals surface area contributed by atoms with Gasteiger partial charge in [-0.3, -0.25) is 4.79 Å². The maximum atomic E-state index is 12.5. The smallest absolute Gasteiger partial charge is 0.270 e. The third-order valence-electron chi connectivity index (χ3n) is 4.09. The van der Waals surface area contributed by atoms with E-state index in [-0.39, 0.29) is 11.9 Å². The molecule has 1 aromatic carbocycles. The number of likely N-dealkylation sites (N-methyl/N-ethyl adjacent to an activating group) is 1. The predicted octanol–water partition coefficient (Wildman–Crippen LogP) is 2.07. The minimum Gasteiger partial charge on any atom is -0.481 e. The number of benzene rings is 1. The first kappa shape index (κ1) is 14.8. The van der Waals surface area contributed by atoms with Crippen molar-refractivity contribution >= 4 is 16.7 Å². The largest absolute Gasteiger partial charge is 0.481 e. The van der Waals surface area contributed by atoms with Crippen LogP contribution in [-0.4, -0.2) is 49.1 Å². The molecule has 5 heteroatoms.